The standard InChI is InChI=1S/C11H22N2/c1-9(2)13-6-4-10-7-12-5-3-11(10)8-13/h9-12H,3-8H2,1-2H3. The Labute approximate surface area is 81.7 Å². The number of rotatable bonds is 1. The molecule has 2 fully saturated rings. The van der Waals surface area contributed by atoms with E-state index in [1.807, 2.05) is 0 Å². The van der Waals surface area contributed by atoms with Crippen molar-refractivity contribution in [1.29, 1.82) is 0 Å². The fraction of sp³-hybridized carbons (Fsp3) is 1.00. The van der Waals surface area contributed by atoms with E-state index in [1.165, 1.54) is 39.0 Å². The number of nitrogens with zero attached hydrogens (tertiary/aromatic N) is 1. The van der Waals surface area contributed by atoms with Crippen molar-refractivity contribution in [3.63, 3.8) is 0 Å². The molecule has 0 bridgehead atoms. The van der Waals surface area contributed by atoms with E-state index in [-0.39, 0.29) is 0 Å². The SMILES string of the molecule is CC(C)N1CCC2CNCCC2C1. The largest absolute Gasteiger partial charge is 0.316 e. The number of likely N-dealkylation sites (tertiary alicyclic amines) is 1. The number of hydrogen-bond donors (Lipinski definition) is 1. The molecule has 0 aromatic carbocycles. The molecule has 76 valence electrons. The smallest absolute Gasteiger partial charge is 0.00387 e. The quantitative estimate of drug-likeness (QED) is 0.658. The molecular formula is C11H22N2. The highest BCUT2D eigenvalue weighted by Gasteiger charge is 2.31. The van der Waals surface area contributed by atoms with Gasteiger partial charge in [0.25, 0.3) is 0 Å². The van der Waals surface area contributed by atoms with Gasteiger partial charge in [-0.15, -0.1) is 0 Å². The van der Waals surface area contributed by atoms with Gasteiger partial charge in [0.15, 0.2) is 0 Å². The van der Waals surface area contributed by atoms with E-state index < -0.39 is 0 Å². The normalized spacial score (nSPS) is 36.2. The van der Waals surface area contributed by atoms with Crippen molar-refractivity contribution in [2.24, 2.45) is 11.8 Å². The van der Waals surface area contributed by atoms with Gasteiger partial charge in [-0.2, -0.15) is 0 Å². The molecule has 2 heterocycles. The van der Waals surface area contributed by atoms with E-state index in [9.17, 15) is 0 Å². The zero-order valence-electron chi connectivity index (χ0n) is 8.92. The van der Waals surface area contributed by atoms with Crippen LogP contribution in [0.1, 0.15) is 26.7 Å². The zero-order chi connectivity index (χ0) is 9.26. The number of nitrogens with one attached hydrogen (secondary N) is 1. The summed E-state index contributed by atoms with van der Waals surface area (Å²) in [6.45, 7) is 9.83. The summed E-state index contributed by atoms with van der Waals surface area (Å²) in [6.07, 6.45) is 2.81. The highest BCUT2D eigenvalue weighted by Crippen LogP contribution is 2.28. The molecule has 2 rings (SSSR count). The van der Waals surface area contributed by atoms with Crippen LogP contribution in [0.3, 0.4) is 0 Å². The molecule has 2 aliphatic rings. The Morgan fingerprint density at radius 1 is 1.23 bits per heavy atom. The average molecular weight is 182 g/mol. The first-order valence-corrected chi connectivity index (χ1v) is 5.72. The fourth-order valence-electron chi connectivity index (χ4n) is 2.75. The third-order valence-electron chi connectivity index (χ3n) is 3.75. The minimum atomic E-state index is 0.746. The van der Waals surface area contributed by atoms with Crippen molar-refractivity contribution >= 4 is 0 Å². The molecule has 0 aromatic rings. The first kappa shape index (κ1) is 9.47. The highest BCUT2D eigenvalue weighted by atomic mass is 15.2. The van der Waals surface area contributed by atoms with Gasteiger partial charge in [-0.1, -0.05) is 0 Å². The van der Waals surface area contributed by atoms with Gasteiger partial charge in [-0.3, -0.25) is 0 Å². The second-order valence-corrected chi connectivity index (χ2v) is 4.89. The number of fused-ring (bicyclic) bond motifs is 1. The van der Waals surface area contributed by atoms with Crippen molar-refractivity contribution in [1.82, 2.24) is 10.2 Å². The molecule has 13 heavy (non-hydrogen) atoms. The van der Waals surface area contributed by atoms with E-state index in [2.05, 4.69) is 24.1 Å². The van der Waals surface area contributed by atoms with Crippen LogP contribution in [-0.4, -0.2) is 37.1 Å². The topological polar surface area (TPSA) is 15.3 Å². The summed E-state index contributed by atoms with van der Waals surface area (Å²) in [4.78, 5) is 2.65. The summed E-state index contributed by atoms with van der Waals surface area (Å²) in [7, 11) is 0. The van der Waals surface area contributed by atoms with Crippen molar-refractivity contribution in [2.75, 3.05) is 26.2 Å². The summed E-state index contributed by atoms with van der Waals surface area (Å²) in [5.41, 5.74) is 0. The van der Waals surface area contributed by atoms with Gasteiger partial charge in [0.1, 0.15) is 0 Å². The molecule has 1 N–H and O–H groups in total. The van der Waals surface area contributed by atoms with Crippen LogP contribution in [0.2, 0.25) is 0 Å². The van der Waals surface area contributed by atoms with Crippen LogP contribution < -0.4 is 5.32 Å². The minimum Gasteiger partial charge on any atom is -0.316 e. The Kier molecular flexibility index (Phi) is 2.89. The Balaban J connectivity index is 1.91. The zero-order valence-corrected chi connectivity index (χ0v) is 8.92. The van der Waals surface area contributed by atoms with Crippen LogP contribution >= 0.6 is 0 Å². The molecule has 0 aromatic heterocycles. The monoisotopic (exact) mass is 182 g/mol. The molecule has 0 spiro atoms. The predicted molar refractivity (Wildman–Crippen MR) is 55.8 cm³/mol. The van der Waals surface area contributed by atoms with Gasteiger partial charge in [-0.05, 0) is 58.2 Å². The van der Waals surface area contributed by atoms with Gasteiger partial charge in [0.2, 0.25) is 0 Å². The number of hydrogen-bond acceptors (Lipinski definition) is 2. The van der Waals surface area contributed by atoms with Crippen LogP contribution in [0.25, 0.3) is 0 Å². The summed E-state index contributed by atoms with van der Waals surface area (Å²) < 4.78 is 0. The average Bonchev–Trinajstić information content (AvgIpc) is 2.17. The molecule has 2 atom stereocenters. The van der Waals surface area contributed by atoms with E-state index in [4.69, 9.17) is 0 Å². The maximum absolute atomic E-state index is 3.51. The Hall–Kier alpha value is -0.0800. The van der Waals surface area contributed by atoms with Crippen LogP contribution in [0, 0.1) is 11.8 Å². The summed E-state index contributed by atoms with van der Waals surface area (Å²) >= 11 is 0. The van der Waals surface area contributed by atoms with Gasteiger partial charge < -0.3 is 10.2 Å². The van der Waals surface area contributed by atoms with Gasteiger partial charge >= 0.3 is 0 Å². The van der Waals surface area contributed by atoms with Gasteiger partial charge in [-0.25, -0.2) is 0 Å². The fourth-order valence-corrected chi connectivity index (χ4v) is 2.75. The highest BCUT2D eigenvalue weighted by molar-refractivity contribution is 4.86. The van der Waals surface area contributed by atoms with Gasteiger partial charge in [0.05, 0.1) is 0 Å². The first-order chi connectivity index (χ1) is 6.27. The molecule has 2 aliphatic heterocycles. The maximum atomic E-state index is 3.51. The second kappa shape index (κ2) is 3.97. The van der Waals surface area contributed by atoms with Crippen LogP contribution in [-0.2, 0) is 0 Å². The van der Waals surface area contributed by atoms with Crippen molar-refractivity contribution in [3.05, 3.63) is 0 Å². The van der Waals surface area contributed by atoms with Crippen molar-refractivity contribution in [2.45, 2.75) is 32.7 Å². The van der Waals surface area contributed by atoms with Gasteiger partial charge in [0, 0.05) is 12.6 Å². The predicted octanol–water partition coefficient (Wildman–Crippen LogP) is 1.33. The molecule has 2 nitrogen and oxygen atoms in total. The lowest BCUT2D eigenvalue weighted by Gasteiger charge is -2.43. The second-order valence-electron chi connectivity index (χ2n) is 4.89. The van der Waals surface area contributed by atoms with Crippen LogP contribution in [0.4, 0.5) is 0 Å². The Bertz CT molecular complexity index is 167. The summed E-state index contributed by atoms with van der Waals surface area (Å²) in [5.74, 6) is 1.96. The van der Waals surface area contributed by atoms with E-state index >= 15 is 0 Å². The maximum Gasteiger partial charge on any atom is 0.00387 e. The molecule has 2 unspecified atom stereocenters. The number of piperidine rings is 2. The summed E-state index contributed by atoms with van der Waals surface area (Å²) in [6, 6.07) is 0.746. The minimum absolute atomic E-state index is 0.746. The molecule has 0 radical (unpaired) electrons. The molecule has 2 saturated heterocycles. The lowest BCUT2D eigenvalue weighted by atomic mass is 9.80. The molecule has 0 amide bonds. The van der Waals surface area contributed by atoms with E-state index in [0.29, 0.717) is 0 Å². The lowest BCUT2D eigenvalue weighted by Crippen LogP contribution is -2.49. The van der Waals surface area contributed by atoms with E-state index in [0.717, 1.165) is 17.9 Å². The van der Waals surface area contributed by atoms with Crippen LogP contribution in [0.15, 0.2) is 0 Å². The third kappa shape index (κ3) is 2.05. The van der Waals surface area contributed by atoms with Crippen molar-refractivity contribution in [3.8, 4) is 0 Å². The lowest BCUT2D eigenvalue weighted by molar-refractivity contribution is 0.0744. The molecule has 2 heteroatoms. The van der Waals surface area contributed by atoms with E-state index in [1.54, 1.807) is 0 Å². The third-order valence-corrected chi connectivity index (χ3v) is 3.75. The molecular weight excluding hydrogens is 160 g/mol. The summed E-state index contributed by atoms with van der Waals surface area (Å²) in [5, 5.41) is 3.51. The molecule has 0 saturated carbocycles. The molecule has 0 aliphatic carbocycles. The first-order valence-electron chi connectivity index (χ1n) is 5.72. The van der Waals surface area contributed by atoms with Crippen molar-refractivity contribution < 1.29 is 0 Å². The van der Waals surface area contributed by atoms with Crippen LogP contribution in [0.5, 0.6) is 0 Å². The Morgan fingerprint density at radius 3 is 2.85 bits per heavy atom. The Morgan fingerprint density at radius 2 is 2.08 bits per heavy atom.